The fourth-order valence-electron chi connectivity index (χ4n) is 4.02. The molecule has 0 radical (unpaired) electrons. The van der Waals surface area contributed by atoms with Crippen molar-refractivity contribution in [2.75, 3.05) is 13.1 Å². The summed E-state index contributed by atoms with van der Waals surface area (Å²) in [4.78, 5) is 27.2. The van der Waals surface area contributed by atoms with Crippen LogP contribution in [0.2, 0.25) is 0 Å². The number of aryl methyl sites for hydroxylation is 2. The minimum absolute atomic E-state index is 0.00277. The summed E-state index contributed by atoms with van der Waals surface area (Å²) < 4.78 is 0.986. The third kappa shape index (κ3) is 4.27. The molecule has 0 saturated carbocycles. The molecule has 0 spiro atoms. The normalized spacial score (nSPS) is 19.0. The number of carbonyl (C=O) groups is 2. The number of likely N-dealkylation sites (tertiary alicyclic amines) is 1. The van der Waals surface area contributed by atoms with Crippen LogP contribution in [0, 0.1) is 6.92 Å². The summed E-state index contributed by atoms with van der Waals surface area (Å²) in [6, 6.07) is 15.9. The topological polar surface area (TPSA) is 53.0 Å². The van der Waals surface area contributed by atoms with E-state index in [1.54, 1.807) is 5.01 Å². The Hall–Kier alpha value is -2.47. The van der Waals surface area contributed by atoms with Gasteiger partial charge in [-0.3, -0.25) is 9.59 Å². The van der Waals surface area contributed by atoms with E-state index in [-0.39, 0.29) is 17.9 Å². The third-order valence-electron chi connectivity index (χ3n) is 5.67. The maximum Gasteiger partial charge on any atom is 0.243 e. The second kappa shape index (κ2) is 8.49. The highest BCUT2D eigenvalue weighted by Crippen LogP contribution is 2.25. The molecule has 1 unspecified atom stereocenters. The van der Waals surface area contributed by atoms with Gasteiger partial charge >= 0.3 is 0 Å². The molecule has 2 aliphatic heterocycles. The fraction of sp³-hybridized carbons (Fsp3) is 0.348. The number of hydrazone groups is 1. The SMILES string of the molecule is Cc1ccccc1CCC(=O)N1CC(N2CCCC2=O)C(c2ccc(Br)cc2)=N1. The van der Waals surface area contributed by atoms with Gasteiger partial charge in [0.05, 0.1) is 18.3 Å². The van der Waals surface area contributed by atoms with Crippen LogP contribution < -0.4 is 0 Å². The first kappa shape index (κ1) is 19.8. The van der Waals surface area contributed by atoms with E-state index in [1.165, 1.54) is 11.1 Å². The highest BCUT2D eigenvalue weighted by atomic mass is 79.9. The summed E-state index contributed by atoms with van der Waals surface area (Å²) >= 11 is 3.46. The van der Waals surface area contributed by atoms with Crippen LogP contribution in [0.5, 0.6) is 0 Å². The van der Waals surface area contributed by atoms with Crippen LogP contribution in [0.3, 0.4) is 0 Å². The number of carbonyl (C=O) groups excluding carboxylic acids is 2. The molecule has 2 aromatic rings. The molecular formula is C23H24BrN3O2. The Morgan fingerprint density at radius 2 is 1.93 bits per heavy atom. The van der Waals surface area contributed by atoms with E-state index in [1.807, 2.05) is 41.3 Å². The Morgan fingerprint density at radius 3 is 2.62 bits per heavy atom. The Morgan fingerprint density at radius 1 is 1.17 bits per heavy atom. The van der Waals surface area contributed by atoms with Gasteiger partial charge in [0.25, 0.3) is 0 Å². The number of hydrogen-bond acceptors (Lipinski definition) is 3. The first-order valence-corrected chi connectivity index (χ1v) is 10.8. The summed E-state index contributed by atoms with van der Waals surface area (Å²) in [6.45, 7) is 3.22. The molecule has 2 heterocycles. The second-order valence-electron chi connectivity index (χ2n) is 7.60. The van der Waals surface area contributed by atoms with Gasteiger partial charge in [0.2, 0.25) is 11.8 Å². The predicted molar refractivity (Wildman–Crippen MR) is 117 cm³/mol. The fourth-order valence-corrected chi connectivity index (χ4v) is 4.29. The molecule has 1 atom stereocenters. The predicted octanol–water partition coefficient (Wildman–Crippen LogP) is 3.93. The Balaban J connectivity index is 1.54. The first-order valence-electron chi connectivity index (χ1n) is 10.0. The average Bonchev–Trinajstić information content (AvgIpc) is 3.34. The summed E-state index contributed by atoms with van der Waals surface area (Å²) in [5.41, 5.74) is 4.13. The average molecular weight is 454 g/mol. The van der Waals surface area contributed by atoms with Gasteiger partial charge in [-0.2, -0.15) is 5.10 Å². The molecule has 0 N–H and O–H groups in total. The van der Waals surface area contributed by atoms with Gasteiger partial charge in [0, 0.05) is 29.4 Å². The lowest BCUT2D eigenvalue weighted by Gasteiger charge is -2.25. The largest absolute Gasteiger partial charge is 0.332 e. The molecular weight excluding hydrogens is 430 g/mol. The highest BCUT2D eigenvalue weighted by molar-refractivity contribution is 9.10. The van der Waals surface area contributed by atoms with Crippen molar-refractivity contribution in [2.45, 2.75) is 38.6 Å². The quantitative estimate of drug-likeness (QED) is 0.688. The Kier molecular flexibility index (Phi) is 5.81. The molecule has 5 nitrogen and oxygen atoms in total. The van der Waals surface area contributed by atoms with Gasteiger partial charge in [0.1, 0.15) is 0 Å². The van der Waals surface area contributed by atoms with E-state index >= 15 is 0 Å². The monoisotopic (exact) mass is 453 g/mol. The van der Waals surface area contributed by atoms with Crippen LogP contribution in [0.4, 0.5) is 0 Å². The van der Waals surface area contributed by atoms with E-state index in [4.69, 9.17) is 0 Å². The molecule has 0 bridgehead atoms. The van der Waals surface area contributed by atoms with E-state index in [9.17, 15) is 9.59 Å². The molecule has 2 aliphatic rings. The van der Waals surface area contributed by atoms with E-state index in [0.29, 0.717) is 25.8 Å². The van der Waals surface area contributed by atoms with Crippen LogP contribution in [0.15, 0.2) is 58.1 Å². The van der Waals surface area contributed by atoms with Crippen LogP contribution in [0.25, 0.3) is 0 Å². The third-order valence-corrected chi connectivity index (χ3v) is 6.20. The Bertz CT molecular complexity index is 955. The summed E-state index contributed by atoms with van der Waals surface area (Å²) in [6.07, 6.45) is 2.54. The van der Waals surface area contributed by atoms with Crippen LogP contribution in [-0.4, -0.2) is 46.6 Å². The number of amides is 2. The van der Waals surface area contributed by atoms with E-state index < -0.39 is 0 Å². The number of hydrogen-bond donors (Lipinski definition) is 0. The standard InChI is InChI=1S/C23H24BrN3O2/c1-16-5-2-3-6-17(16)10-13-22(29)27-15-20(26-14-4-7-21(26)28)23(25-27)18-8-11-19(24)12-9-18/h2-3,5-6,8-9,11-12,20H,4,7,10,13-15H2,1H3. The molecule has 1 fully saturated rings. The lowest BCUT2D eigenvalue weighted by atomic mass is 10.0. The number of nitrogens with zero attached hydrogens (tertiary/aromatic N) is 3. The van der Waals surface area contributed by atoms with Gasteiger partial charge in [-0.25, -0.2) is 5.01 Å². The van der Waals surface area contributed by atoms with Crippen molar-refractivity contribution >= 4 is 33.5 Å². The molecule has 6 heteroatoms. The molecule has 150 valence electrons. The second-order valence-corrected chi connectivity index (χ2v) is 8.52. The van der Waals surface area contributed by atoms with E-state index in [0.717, 1.165) is 28.7 Å². The van der Waals surface area contributed by atoms with E-state index in [2.05, 4.69) is 40.1 Å². The van der Waals surface area contributed by atoms with Gasteiger partial charge < -0.3 is 4.90 Å². The minimum Gasteiger partial charge on any atom is -0.332 e. The molecule has 2 aromatic carbocycles. The summed E-state index contributed by atoms with van der Waals surface area (Å²) in [5.74, 6) is 0.144. The molecule has 2 amide bonds. The maximum atomic E-state index is 12.9. The molecule has 0 aliphatic carbocycles. The molecule has 29 heavy (non-hydrogen) atoms. The lowest BCUT2D eigenvalue weighted by Crippen LogP contribution is -2.44. The first-order chi connectivity index (χ1) is 14.0. The number of rotatable bonds is 5. The smallest absolute Gasteiger partial charge is 0.243 e. The maximum absolute atomic E-state index is 12.9. The lowest BCUT2D eigenvalue weighted by molar-refractivity contribution is -0.133. The van der Waals surface area contributed by atoms with Gasteiger partial charge in [0.15, 0.2) is 0 Å². The van der Waals surface area contributed by atoms with Crippen molar-refractivity contribution < 1.29 is 9.59 Å². The summed E-state index contributed by atoms with van der Waals surface area (Å²) in [5, 5.41) is 6.24. The van der Waals surface area contributed by atoms with Gasteiger partial charge in [-0.15, -0.1) is 0 Å². The van der Waals surface area contributed by atoms with Crippen LogP contribution in [0.1, 0.15) is 36.0 Å². The van der Waals surface area contributed by atoms with Gasteiger partial charge in [-0.1, -0.05) is 52.3 Å². The van der Waals surface area contributed by atoms with Crippen molar-refractivity contribution in [1.82, 2.24) is 9.91 Å². The van der Waals surface area contributed by atoms with Crippen LogP contribution >= 0.6 is 15.9 Å². The summed E-state index contributed by atoms with van der Waals surface area (Å²) in [7, 11) is 0. The van der Waals surface area contributed by atoms with Crippen molar-refractivity contribution in [3.05, 3.63) is 69.7 Å². The molecule has 0 aromatic heterocycles. The zero-order valence-corrected chi connectivity index (χ0v) is 18.1. The van der Waals surface area contributed by atoms with Gasteiger partial charge in [-0.05, 0) is 43.0 Å². The Labute approximate surface area is 179 Å². The van der Waals surface area contributed by atoms with Crippen LogP contribution in [-0.2, 0) is 16.0 Å². The number of halogens is 1. The van der Waals surface area contributed by atoms with Crippen molar-refractivity contribution in [3.63, 3.8) is 0 Å². The molecule has 1 saturated heterocycles. The van der Waals surface area contributed by atoms with Crippen molar-refractivity contribution in [1.29, 1.82) is 0 Å². The zero-order valence-electron chi connectivity index (χ0n) is 16.5. The van der Waals surface area contributed by atoms with Crippen molar-refractivity contribution in [3.8, 4) is 0 Å². The van der Waals surface area contributed by atoms with Crippen molar-refractivity contribution in [2.24, 2.45) is 5.10 Å². The zero-order chi connectivity index (χ0) is 20.4. The highest BCUT2D eigenvalue weighted by Gasteiger charge is 2.38. The minimum atomic E-state index is -0.173. The molecule has 4 rings (SSSR count). The number of benzene rings is 2.